The molecular weight excluding hydrogens is 196 g/mol. The van der Waals surface area contributed by atoms with E-state index in [0.717, 1.165) is 26.2 Å². The van der Waals surface area contributed by atoms with Crippen molar-refractivity contribution in [1.82, 2.24) is 10.2 Å². The van der Waals surface area contributed by atoms with Gasteiger partial charge >= 0.3 is 5.97 Å². The first-order chi connectivity index (χ1) is 7.29. The van der Waals surface area contributed by atoms with Crippen LogP contribution in [0, 0.1) is 0 Å². The first-order valence-electron chi connectivity index (χ1n) is 5.00. The second-order valence-electron chi connectivity index (χ2n) is 3.54. The summed E-state index contributed by atoms with van der Waals surface area (Å²) in [4.78, 5) is 13.1. The Bertz CT molecular complexity index is 317. The third-order valence-electron chi connectivity index (χ3n) is 2.56. The number of hydrogen-bond acceptors (Lipinski definition) is 4. The van der Waals surface area contributed by atoms with Crippen LogP contribution in [0.3, 0.4) is 0 Å². The number of nitrogens with zero attached hydrogens (tertiary/aromatic N) is 1. The Balaban J connectivity index is 2.15. The summed E-state index contributed by atoms with van der Waals surface area (Å²) in [6.45, 7) is 3.12. The molecule has 0 amide bonds. The van der Waals surface area contributed by atoms with Gasteiger partial charge in [-0.2, -0.15) is 0 Å². The molecule has 15 heavy (non-hydrogen) atoms. The maximum Gasteiger partial charge on any atom is 0.328 e. The lowest BCUT2D eigenvalue weighted by atomic mass is 10.1. The largest absolute Gasteiger partial charge is 0.480 e. The van der Waals surface area contributed by atoms with Crippen LogP contribution in [0.1, 0.15) is 11.8 Å². The van der Waals surface area contributed by atoms with Crippen molar-refractivity contribution in [3.05, 3.63) is 24.2 Å². The average molecular weight is 210 g/mol. The molecule has 5 heteroatoms. The Labute approximate surface area is 87.7 Å². The molecule has 2 rings (SSSR count). The molecule has 2 N–H and O–H groups in total. The number of carboxylic acids is 1. The Kier molecular flexibility index (Phi) is 3.03. The van der Waals surface area contributed by atoms with E-state index in [1.807, 2.05) is 4.90 Å². The van der Waals surface area contributed by atoms with Crippen LogP contribution in [0.5, 0.6) is 0 Å². The summed E-state index contributed by atoms with van der Waals surface area (Å²) >= 11 is 0. The van der Waals surface area contributed by atoms with Crippen LogP contribution in [0.25, 0.3) is 0 Å². The summed E-state index contributed by atoms with van der Waals surface area (Å²) in [5, 5.41) is 12.4. The monoisotopic (exact) mass is 210 g/mol. The lowest BCUT2D eigenvalue weighted by molar-refractivity contribution is -0.144. The molecule has 0 spiro atoms. The molecule has 1 aliphatic rings. The molecule has 1 aliphatic heterocycles. The van der Waals surface area contributed by atoms with Gasteiger partial charge in [-0.15, -0.1) is 0 Å². The molecule has 1 aromatic rings. The number of furan rings is 1. The van der Waals surface area contributed by atoms with Crippen molar-refractivity contribution in [3.63, 3.8) is 0 Å². The van der Waals surface area contributed by atoms with E-state index in [1.165, 1.54) is 6.26 Å². The van der Waals surface area contributed by atoms with Crippen molar-refractivity contribution in [2.24, 2.45) is 0 Å². The number of aliphatic carboxylic acids is 1. The summed E-state index contributed by atoms with van der Waals surface area (Å²) in [7, 11) is 0. The van der Waals surface area contributed by atoms with Crippen molar-refractivity contribution < 1.29 is 14.3 Å². The quantitative estimate of drug-likeness (QED) is 0.751. The van der Waals surface area contributed by atoms with Crippen LogP contribution in [0.4, 0.5) is 0 Å². The Morgan fingerprint density at radius 3 is 2.80 bits per heavy atom. The van der Waals surface area contributed by atoms with E-state index in [4.69, 9.17) is 4.42 Å². The zero-order valence-corrected chi connectivity index (χ0v) is 8.35. The predicted octanol–water partition coefficient (Wildman–Crippen LogP) is 0.311. The summed E-state index contributed by atoms with van der Waals surface area (Å²) in [6, 6.07) is 2.77. The maximum atomic E-state index is 11.2. The summed E-state index contributed by atoms with van der Waals surface area (Å²) < 4.78 is 5.17. The molecule has 0 bridgehead atoms. The smallest absolute Gasteiger partial charge is 0.328 e. The molecule has 1 unspecified atom stereocenters. The number of rotatable bonds is 3. The van der Waals surface area contributed by atoms with E-state index >= 15 is 0 Å². The number of carboxylic acid groups (broad SMARTS) is 1. The van der Waals surface area contributed by atoms with Gasteiger partial charge in [0, 0.05) is 26.2 Å². The first-order valence-corrected chi connectivity index (χ1v) is 5.00. The minimum Gasteiger partial charge on any atom is -0.480 e. The molecule has 0 radical (unpaired) electrons. The topological polar surface area (TPSA) is 65.7 Å². The van der Waals surface area contributed by atoms with Crippen molar-refractivity contribution in [2.75, 3.05) is 26.2 Å². The second-order valence-corrected chi connectivity index (χ2v) is 3.54. The van der Waals surface area contributed by atoms with Gasteiger partial charge in [-0.3, -0.25) is 9.69 Å². The van der Waals surface area contributed by atoms with Crippen molar-refractivity contribution >= 4 is 5.97 Å². The molecule has 0 aliphatic carbocycles. The third kappa shape index (κ3) is 2.19. The van der Waals surface area contributed by atoms with Crippen LogP contribution >= 0.6 is 0 Å². The Morgan fingerprint density at radius 1 is 1.53 bits per heavy atom. The molecule has 5 nitrogen and oxygen atoms in total. The third-order valence-corrected chi connectivity index (χ3v) is 2.56. The van der Waals surface area contributed by atoms with Crippen LogP contribution in [0.2, 0.25) is 0 Å². The fourth-order valence-electron chi connectivity index (χ4n) is 1.85. The van der Waals surface area contributed by atoms with Gasteiger partial charge in [-0.05, 0) is 12.1 Å². The number of piperazine rings is 1. The van der Waals surface area contributed by atoms with Gasteiger partial charge in [-0.1, -0.05) is 0 Å². The van der Waals surface area contributed by atoms with E-state index in [0.29, 0.717) is 5.76 Å². The van der Waals surface area contributed by atoms with Crippen molar-refractivity contribution in [3.8, 4) is 0 Å². The van der Waals surface area contributed by atoms with E-state index in [2.05, 4.69) is 5.32 Å². The van der Waals surface area contributed by atoms with Crippen LogP contribution in [-0.2, 0) is 4.79 Å². The van der Waals surface area contributed by atoms with Crippen molar-refractivity contribution in [1.29, 1.82) is 0 Å². The normalized spacial score (nSPS) is 20.0. The zero-order valence-electron chi connectivity index (χ0n) is 8.35. The number of hydrogen-bond donors (Lipinski definition) is 2. The predicted molar refractivity (Wildman–Crippen MR) is 53.5 cm³/mol. The summed E-state index contributed by atoms with van der Waals surface area (Å²) in [5.74, 6) is -0.351. The van der Waals surface area contributed by atoms with Crippen LogP contribution in [0.15, 0.2) is 22.8 Å². The fraction of sp³-hybridized carbons (Fsp3) is 0.500. The Morgan fingerprint density at radius 2 is 2.27 bits per heavy atom. The highest BCUT2D eigenvalue weighted by Crippen LogP contribution is 2.21. The molecule has 82 valence electrons. The second kappa shape index (κ2) is 4.46. The van der Waals surface area contributed by atoms with Gasteiger partial charge in [0.15, 0.2) is 6.04 Å². The van der Waals surface area contributed by atoms with Gasteiger partial charge in [0.05, 0.1) is 6.26 Å². The summed E-state index contributed by atoms with van der Waals surface area (Å²) in [5.41, 5.74) is 0. The van der Waals surface area contributed by atoms with Crippen molar-refractivity contribution in [2.45, 2.75) is 6.04 Å². The molecular formula is C10H14N2O3. The van der Waals surface area contributed by atoms with E-state index in [9.17, 15) is 9.90 Å². The molecule has 1 fully saturated rings. The van der Waals surface area contributed by atoms with E-state index in [-0.39, 0.29) is 0 Å². The van der Waals surface area contributed by atoms with Gasteiger partial charge in [-0.25, -0.2) is 0 Å². The minimum atomic E-state index is -0.855. The number of carbonyl (C=O) groups is 1. The van der Waals surface area contributed by atoms with Gasteiger partial charge < -0.3 is 14.8 Å². The standard InChI is InChI=1S/C10H14N2O3/c13-10(14)9(8-2-1-7-15-8)12-5-3-11-4-6-12/h1-2,7,9,11H,3-6H2,(H,13,14). The Hall–Kier alpha value is -1.33. The average Bonchev–Trinajstić information content (AvgIpc) is 2.72. The molecule has 1 aromatic heterocycles. The van der Waals surface area contributed by atoms with E-state index < -0.39 is 12.0 Å². The van der Waals surface area contributed by atoms with Gasteiger partial charge in [0.2, 0.25) is 0 Å². The molecule has 1 atom stereocenters. The lowest BCUT2D eigenvalue weighted by Gasteiger charge is -2.31. The SMILES string of the molecule is O=C(O)C(c1ccco1)N1CCNCC1. The van der Waals surface area contributed by atoms with Crippen LogP contribution < -0.4 is 5.32 Å². The molecule has 0 aromatic carbocycles. The highest BCUT2D eigenvalue weighted by molar-refractivity contribution is 5.74. The summed E-state index contributed by atoms with van der Waals surface area (Å²) in [6.07, 6.45) is 1.51. The minimum absolute atomic E-state index is 0.504. The fourth-order valence-corrected chi connectivity index (χ4v) is 1.85. The first kappa shape index (κ1) is 10.2. The number of nitrogens with one attached hydrogen (secondary N) is 1. The highest BCUT2D eigenvalue weighted by atomic mass is 16.4. The van der Waals surface area contributed by atoms with E-state index in [1.54, 1.807) is 12.1 Å². The molecule has 2 heterocycles. The lowest BCUT2D eigenvalue weighted by Crippen LogP contribution is -2.47. The van der Waals surface area contributed by atoms with Crippen LogP contribution in [-0.4, -0.2) is 42.2 Å². The van der Waals surface area contributed by atoms with Gasteiger partial charge in [0.1, 0.15) is 5.76 Å². The zero-order chi connectivity index (χ0) is 10.7. The molecule has 1 saturated heterocycles. The highest BCUT2D eigenvalue weighted by Gasteiger charge is 2.30. The van der Waals surface area contributed by atoms with Gasteiger partial charge in [0.25, 0.3) is 0 Å². The molecule has 0 saturated carbocycles. The maximum absolute atomic E-state index is 11.2.